The zero-order valence-electron chi connectivity index (χ0n) is 11.6. The fraction of sp³-hybridized carbons (Fsp3) is 0.846. The van der Waals surface area contributed by atoms with Crippen molar-refractivity contribution in [3.05, 3.63) is 5.89 Å². The molecule has 1 aromatic heterocycles. The van der Waals surface area contributed by atoms with Gasteiger partial charge >= 0.3 is 6.01 Å². The Morgan fingerprint density at radius 1 is 1.22 bits per heavy atom. The van der Waals surface area contributed by atoms with E-state index in [0.29, 0.717) is 11.9 Å². The van der Waals surface area contributed by atoms with Gasteiger partial charge in [-0.1, -0.05) is 18.9 Å². The first kappa shape index (κ1) is 13.3. The maximum absolute atomic E-state index is 5.73. The Hall–Kier alpha value is -1.10. The van der Waals surface area contributed by atoms with Crippen molar-refractivity contribution < 1.29 is 4.42 Å². The number of nitrogens with zero attached hydrogens (tertiary/aromatic N) is 3. The minimum atomic E-state index is -0.193. The summed E-state index contributed by atoms with van der Waals surface area (Å²) in [5, 5.41) is 8.09. The van der Waals surface area contributed by atoms with E-state index in [9.17, 15) is 0 Å². The first-order valence-electron chi connectivity index (χ1n) is 6.92. The predicted octanol–water partition coefficient (Wildman–Crippen LogP) is 2.35. The van der Waals surface area contributed by atoms with E-state index in [1.807, 2.05) is 6.92 Å². The van der Waals surface area contributed by atoms with Crippen LogP contribution in [0.1, 0.15) is 52.0 Å². The SMILES string of the molecule is CC(N)c1nnc(N2CCCC(C(C)C)CC2)o1. The number of rotatable bonds is 3. The van der Waals surface area contributed by atoms with Crippen molar-refractivity contribution in [3.63, 3.8) is 0 Å². The van der Waals surface area contributed by atoms with Gasteiger partial charge in [0.2, 0.25) is 5.89 Å². The molecule has 0 aliphatic carbocycles. The molecular formula is C13H24N4O. The zero-order chi connectivity index (χ0) is 13.1. The van der Waals surface area contributed by atoms with Crippen LogP contribution in [-0.2, 0) is 0 Å². The lowest BCUT2D eigenvalue weighted by Gasteiger charge is -2.19. The van der Waals surface area contributed by atoms with Crippen molar-refractivity contribution in [2.24, 2.45) is 17.6 Å². The summed E-state index contributed by atoms with van der Waals surface area (Å²) in [6, 6.07) is 0.438. The molecule has 2 unspecified atom stereocenters. The normalized spacial score (nSPS) is 23.2. The molecular weight excluding hydrogens is 228 g/mol. The van der Waals surface area contributed by atoms with Crippen LogP contribution in [0, 0.1) is 11.8 Å². The quantitative estimate of drug-likeness (QED) is 0.894. The Balaban J connectivity index is 2.00. The Labute approximate surface area is 109 Å². The molecule has 1 saturated heterocycles. The van der Waals surface area contributed by atoms with Crippen molar-refractivity contribution in [3.8, 4) is 0 Å². The van der Waals surface area contributed by atoms with Gasteiger partial charge in [0.05, 0.1) is 6.04 Å². The molecule has 1 aliphatic heterocycles. The fourth-order valence-electron chi connectivity index (χ4n) is 2.52. The molecule has 0 amide bonds. The lowest BCUT2D eigenvalue weighted by Crippen LogP contribution is -2.24. The molecule has 18 heavy (non-hydrogen) atoms. The highest BCUT2D eigenvalue weighted by Gasteiger charge is 2.22. The maximum atomic E-state index is 5.73. The molecule has 102 valence electrons. The molecule has 2 atom stereocenters. The minimum Gasteiger partial charge on any atom is -0.406 e. The third-order valence-electron chi connectivity index (χ3n) is 3.81. The van der Waals surface area contributed by atoms with Gasteiger partial charge in [0.25, 0.3) is 0 Å². The molecule has 1 fully saturated rings. The van der Waals surface area contributed by atoms with Crippen molar-refractivity contribution in [1.82, 2.24) is 10.2 Å². The molecule has 2 N–H and O–H groups in total. The molecule has 0 aromatic carbocycles. The molecule has 0 spiro atoms. The summed E-state index contributed by atoms with van der Waals surface area (Å²) in [5.74, 6) is 2.09. The highest BCUT2D eigenvalue weighted by Crippen LogP contribution is 2.27. The van der Waals surface area contributed by atoms with Gasteiger partial charge in [-0.2, -0.15) is 0 Å². The number of nitrogens with two attached hydrogens (primary N) is 1. The summed E-state index contributed by atoms with van der Waals surface area (Å²) >= 11 is 0. The van der Waals surface area contributed by atoms with Gasteiger partial charge in [0.1, 0.15) is 0 Å². The third-order valence-corrected chi connectivity index (χ3v) is 3.81. The molecule has 2 heterocycles. The summed E-state index contributed by atoms with van der Waals surface area (Å²) in [6.45, 7) is 8.48. The number of anilines is 1. The highest BCUT2D eigenvalue weighted by atomic mass is 16.4. The standard InChI is InChI=1S/C13H24N4O/c1-9(2)11-5-4-7-17(8-6-11)13-16-15-12(18-13)10(3)14/h9-11H,4-8,14H2,1-3H3. The van der Waals surface area contributed by atoms with Crippen LogP contribution in [0.25, 0.3) is 0 Å². The third kappa shape index (κ3) is 3.02. The minimum absolute atomic E-state index is 0.193. The van der Waals surface area contributed by atoms with Gasteiger partial charge in [-0.3, -0.25) is 0 Å². The van der Waals surface area contributed by atoms with Crippen LogP contribution >= 0.6 is 0 Å². The average Bonchev–Trinajstić information content (AvgIpc) is 2.67. The summed E-state index contributed by atoms with van der Waals surface area (Å²) in [7, 11) is 0. The van der Waals surface area contributed by atoms with Crippen molar-refractivity contribution in [1.29, 1.82) is 0 Å². The van der Waals surface area contributed by atoms with E-state index in [-0.39, 0.29) is 6.04 Å². The van der Waals surface area contributed by atoms with Gasteiger partial charge in [0.15, 0.2) is 0 Å². The topological polar surface area (TPSA) is 68.2 Å². The Morgan fingerprint density at radius 3 is 2.61 bits per heavy atom. The lowest BCUT2D eigenvalue weighted by atomic mass is 9.89. The molecule has 0 radical (unpaired) electrons. The summed E-state index contributed by atoms with van der Waals surface area (Å²) in [4.78, 5) is 2.20. The molecule has 0 bridgehead atoms. The van der Waals surface area contributed by atoms with Crippen molar-refractivity contribution in [2.75, 3.05) is 18.0 Å². The highest BCUT2D eigenvalue weighted by molar-refractivity contribution is 5.24. The van der Waals surface area contributed by atoms with Crippen LogP contribution in [0.4, 0.5) is 6.01 Å². The average molecular weight is 252 g/mol. The first-order valence-corrected chi connectivity index (χ1v) is 6.92. The van der Waals surface area contributed by atoms with Crippen LogP contribution < -0.4 is 10.6 Å². The fourth-order valence-corrected chi connectivity index (χ4v) is 2.52. The van der Waals surface area contributed by atoms with Gasteiger partial charge in [-0.25, -0.2) is 0 Å². The van der Waals surface area contributed by atoms with Crippen molar-refractivity contribution >= 4 is 6.01 Å². The van der Waals surface area contributed by atoms with E-state index < -0.39 is 0 Å². The van der Waals surface area contributed by atoms with Gasteiger partial charge in [-0.05, 0) is 38.0 Å². The van der Waals surface area contributed by atoms with Crippen molar-refractivity contribution in [2.45, 2.75) is 46.1 Å². The maximum Gasteiger partial charge on any atom is 0.318 e. The predicted molar refractivity (Wildman–Crippen MR) is 71.3 cm³/mol. The van der Waals surface area contributed by atoms with E-state index in [2.05, 4.69) is 28.9 Å². The van der Waals surface area contributed by atoms with Crippen LogP contribution in [0.5, 0.6) is 0 Å². The zero-order valence-corrected chi connectivity index (χ0v) is 11.6. The smallest absolute Gasteiger partial charge is 0.318 e. The number of hydrogen-bond acceptors (Lipinski definition) is 5. The number of hydrogen-bond donors (Lipinski definition) is 1. The lowest BCUT2D eigenvalue weighted by molar-refractivity contribution is 0.350. The largest absolute Gasteiger partial charge is 0.406 e. The molecule has 5 heteroatoms. The van der Waals surface area contributed by atoms with E-state index in [1.165, 1.54) is 19.3 Å². The number of aromatic nitrogens is 2. The second kappa shape index (κ2) is 5.69. The molecule has 2 rings (SSSR count). The summed E-state index contributed by atoms with van der Waals surface area (Å²) in [5.41, 5.74) is 5.73. The Bertz CT molecular complexity index is 375. The second-order valence-electron chi connectivity index (χ2n) is 5.63. The van der Waals surface area contributed by atoms with E-state index in [0.717, 1.165) is 24.9 Å². The van der Waals surface area contributed by atoms with Crippen LogP contribution in [0.2, 0.25) is 0 Å². The van der Waals surface area contributed by atoms with Crippen LogP contribution in [0.3, 0.4) is 0 Å². The van der Waals surface area contributed by atoms with Gasteiger partial charge in [-0.15, -0.1) is 5.10 Å². The van der Waals surface area contributed by atoms with Gasteiger partial charge < -0.3 is 15.1 Å². The Kier molecular flexibility index (Phi) is 4.22. The summed E-state index contributed by atoms with van der Waals surface area (Å²) in [6.07, 6.45) is 3.69. The summed E-state index contributed by atoms with van der Waals surface area (Å²) < 4.78 is 5.61. The second-order valence-corrected chi connectivity index (χ2v) is 5.63. The van der Waals surface area contributed by atoms with Crippen LogP contribution in [-0.4, -0.2) is 23.3 Å². The van der Waals surface area contributed by atoms with E-state index >= 15 is 0 Å². The van der Waals surface area contributed by atoms with E-state index in [1.54, 1.807) is 0 Å². The molecule has 5 nitrogen and oxygen atoms in total. The molecule has 1 aliphatic rings. The van der Waals surface area contributed by atoms with Gasteiger partial charge in [0, 0.05) is 13.1 Å². The molecule has 1 aromatic rings. The molecule has 0 saturated carbocycles. The monoisotopic (exact) mass is 252 g/mol. The first-order chi connectivity index (χ1) is 8.58. The van der Waals surface area contributed by atoms with Crippen LogP contribution in [0.15, 0.2) is 4.42 Å². The van der Waals surface area contributed by atoms with E-state index in [4.69, 9.17) is 10.2 Å². The Morgan fingerprint density at radius 2 is 2.00 bits per heavy atom.